The number of nitrogens with zero attached hydrogens (tertiary/aromatic N) is 1. The molecular weight excluding hydrogens is 432 g/mol. The Balaban J connectivity index is 1.79. The van der Waals surface area contributed by atoms with Crippen LogP contribution in [0.25, 0.3) is 0 Å². The van der Waals surface area contributed by atoms with Crippen LogP contribution in [-0.4, -0.2) is 27.5 Å². The number of nitrogens with two attached hydrogens (primary N) is 1. The van der Waals surface area contributed by atoms with E-state index in [-0.39, 0.29) is 11.5 Å². The van der Waals surface area contributed by atoms with Crippen molar-refractivity contribution in [1.82, 2.24) is 0 Å². The minimum absolute atomic E-state index is 0.0520. The Morgan fingerprint density at radius 2 is 1.85 bits per heavy atom. The van der Waals surface area contributed by atoms with E-state index in [9.17, 15) is 8.42 Å². The quantitative estimate of drug-likeness (QED) is 0.269. The maximum Gasteiger partial charge on any atom is 0.296 e. The number of halogens is 1. The molecule has 0 aromatic heterocycles. The molecule has 6 nitrogen and oxygen atoms in total. The monoisotopic (exact) mass is 454 g/mol. The molecular formula is C19H23BrN2O4S. The van der Waals surface area contributed by atoms with Crippen molar-refractivity contribution in [3.63, 3.8) is 0 Å². The summed E-state index contributed by atoms with van der Waals surface area (Å²) in [5.74, 6) is 1.21. The summed E-state index contributed by atoms with van der Waals surface area (Å²) >= 11 is 3.46. The highest BCUT2D eigenvalue weighted by molar-refractivity contribution is 9.10. The molecule has 0 spiro atoms. The Morgan fingerprint density at radius 1 is 1.15 bits per heavy atom. The summed E-state index contributed by atoms with van der Waals surface area (Å²) in [4.78, 5) is 4.32. The summed E-state index contributed by atoms with van der Waals surface area (Å²) in [5, 5.41) is 0. The molecule has 0 amide bonds. The third-order valence-corrected chi connectivity index (χ3v) is 5.55. The number of ether oxygens (including phenoxy) is 1. The largest absolute Gasteiger partial charge is 0.492 e. The summed E-state index contributed by atoms with van der Waals surface area (Å²) in [6.45, 7) is 4.53. The zero-order chi connectivity index (χ0) is 19.9. The predicted octanol–water partition coefficient (Wildman–Crippen LogP) is 3.81. The maximum atomic E-state index is 12.1. The van der Waals surface area contributed by atoms with E-state index in [0.29, 0.717) is 31.2 Å². The predicted molar refractivity (Wildman–Crippen MR) is 110 cm³/mol. The number of hydrogen-bond acceptors (Lipinski definition) is 5. The Kier molecular flexibility index (Phi) is 7.82. The fourth-order valence-corrected chi connectivity index (χ4v) is 3.64. The first kappa shape index (κ1) is 21.4. The lowest BCUT2D eigenvalue weighted by molar-refractivity contribution is 0.250. The summed E-state index contributed by atoms with van der Waals surface area (Å²) < 4.78 is 35.7. The lowest BCUT2D eigenvalue weighted by Crippen LogP contribution is -2.10. The molecule has 0 radical (unpaired) electrons. The number of amidine groups is 1. The summed E-state index contributed by atoms with van der Waals surface area (Å²) in [6, 6.07) is 12.2. The Bertz CT molecular complexity index is 892. The van der Waals surface area contributed by atoms with E-state index in [2.05, 4.69) is 20.9 Å². The van der Waals surface area contributed by atoms with Gasteiger partial charge in [0, 0.05) is 6.42 Å². The molecule has 0 heterocycles. The van der Waals surface area contributed by atoms with Gasteiger partial charge in [0.25, 0.3) is 10.1 Å². The van der Waals surface area contributed by atoms with Crippen LogP contribution in [0.4, 0.5) is 0 Å². The van der Waals surface area contributed by atoms with Crippen molar-refractivity contribution >= 4 is 31.9 Å². The van der Waals surface area contributed by atoms with Crippen molar-refractivity contribution in [3.05, 3.63) is 58.1 Å². The highest BCUT2D eigenvalue weighted by Gasteiger charge is 2.14. The molecule has 8 heteroatoms. The van der Waals surface area contributed by atoms with E-state index in [1.807, 2.05) is 25.1 Å². The van der Waals surface area contributed by atoms with E-state index in [4.69, 9.17) is 14.7 Å². The second-order valence-electron chi connectivity index (χ2n) is 6.01. The first-order valence-electron chi connectivity index (χ1n) is 8.42. The van der Waals surface area contributed by atoms with E-state index in [0.717, 1.165) is 15.6 Å². The molecule has 0 bridgehead atoms. The highest BCUT2D eigenvalue weighted by atomic mass is 79.9. The third kappa shape index (κ3) is 6.97. The minimum Gasteiger partial charge on any atom is -0.492 e. The molecule has 2 N–H and O–H groups in total. The molecule has 0 aliphatic carbocycles. The molecule has 0 aliphatic rings. The van der Waals surface area contributed by atoms with Crippen LogP contribution in [-0.2, 0) is 20.8 Å². The van der Waals surface area contributed by atoms with Crippen LogP contribution in [0.3, 0.4) is 0 Å². The van der Waals surface area contributed by atoms with Crippen LogP contribution in [0.5, 0.6) is 5.75 Å². The lowest BCUT2D eigenvalue weighted by Gasteiger charge is -2.10. The maximum absolute atomic E-state index is 12.1. The SMILES string of the molecule is CC(N)=NCc1ccc(OCCCOS(=O)(=O)c2ccc(C)cc2)c(Br)c1. The number of aryl methyl sites for hydroxylation is 1. The van der Waals surface area contributed by atoms with Crippen LogP contribution in [0, 0.1) is 6.92 Å². The molecule has 0 fully saturated rings. The normalized spacial score (nSPS) is 12.2. The van der Waals surface area contributed by atoms with Crippen molar-refractivity contribution in [1.29, 1.82) is 0 Å². The van der Waals surface area contributed by atoms with Gasteiger partial charge in [-0.15, -0.1) is 0 Å². The Labute approximate surface area is 168 Å². The van der Waals surface area contributed by atoms with Crippen LogP contribution in [0.1, 0.15) is 24.5 Å². The van der Waals surface area contributed by atoms with Gasteiger partial charge in [-0.05, 0) is 59.6 Å². The van der Waals surface area contributed by atoms with E-state index in [1.165, 1.54) is 12.1 Å². The average molecular weight is 455 g/mol. The number of rotatable bonds is 9. The molecule has 0 aliphatic heterocycles. The molecule has 0 unspecified atom stereocenters. The molecule has 2 aromatic rings. The fraction of sp³-hybridized carbons (Fsp3) is 0.316. The number of benzene rings is 2. The third-order valence-electron chi connectivity index (χ3n) is 3.60. The van der Waals surface area contributed by atoms with E-state index < -0.39 is 10.1 Å². The first-order chi connectivity index (χ1) is 12.8. The number of hydrogen-bond donors (Lipinski definition) is 1. The molecule has 0 saturated carbocycles. The van der Waals surface area contributed by atoms with Gasteiger partial charge in [-0.3, -0.25) is 9.18 Å². The molecule has 27 heavy (non-hydrogen) atoms. The fourth-order valence-electron chi connectivity index (χ4n) is 2.16. The van der Waals surface area contributed by atoms with Gasteiger partial charge in [-0.1, -0.05) is 23.8 Å². The smallest absolute Gasteiger partial charge is 0.296 e. The van der Waals surface area contributed by atoms with Crippen molar-refractivity contribution in [2.45, 2.75) is 31.7 Å². The molecule has 2 aromatic carbocycles. The van der Waals surface area contributed by atoms with Crippen molar-refractivity contribution in [2.24, 2.45) is 10.7 Å². The highest BCUT2D eigenvalue weighted by Crippen LogP contribution is 2.26. The second-order valence-corrected chi connectivity index (χ2v) is 8.48. The summed E-state index contributed by atoms with van der Waals surface area (Å²) in [5.41, 5.74) is 7.53. The van der Waals surface area contributed by atoms with Gasteiger partial charge in [-0.2, -0.15) is 8.42 Å². The number of aliphatic imine (C=N–C) groups is 1. The topological polar surface area (TPSA) is 91.0 Å². The second kappa shape index (κ2) is 9.87. The lowest BCUT2D eigenvalue weighted by atomic mass is 10.2. The van der Waals surface area contributed by atoms with Gasteiger partial charge >= 0.3 is 0 Å². The van der Waals surface area contributed by atoms with Gasteiger partial charge in [0.15, 0.2) is 0 Å². The van der Waals surface area contributed by atoms with Crippen molar-refractivity contribution < 1.29 is 17.3 Å². The van der Waals surface area contributed by atoms with E-state index in [1.54, 1.807) is 19.1 Å². The van der Waals surface area contributed by atoms with Gasteiger partial charge < -0.3 is 10.5 Å². The van der Waals surface area contributed by atoms with Crippen LogP contribution in [0.15, 0.2) is 56.8 Å². The van der Waals surface area contributed by atoms with Crippen LogP contribution < -0.4 is 10.5 Å². The zero-order valence-corrected chi connectivity index (χ0v) is 17.7. The minimum atomic E-state index is -3.74. The van der Waals surface area contributed by atoms with Crippen LogP contribution in [0.2, 0.25) is 0 Å². The van der Waals surface area contributed by atoms with Gasteiger partial charge in [0.05, 0.1) is 35.0 Å². The molecule has 0 saturated heterocycles. The van der Waals surface area contributed by atoms with Gasteiger partial charge in [0.1, 0.15) is 5.75 Å². The Hall–Kier alpha value is -1.90. The van der Waals surface area contributed by atoms with E-state index >= 15 is 0 Å². The summed E-state index contributed by atoms with van der Waals surface area (Å²) in [7, 11) is -3.74. The average Bonchev–Trinajstić information content (AvgIpc) is 2.61. The van der Waals surface area contributed by atoms with Crippen molar-refractivity contribution in [2.75, 3.05) is 13.2 Å². The van der Waals surface area contributed by atoms with Gasteiger partial charge in [-0.25, -0.2) is 0 Å². The first-order valence-corrected chi connectivity index (χ1v) is 10.6. The van der Waals surface area contributed by atoms with Gasteiger partial charge in [0.2, 0.25) is 0 Å². The standard InChI is InChI=1S/C19H23BrN2O4S/c1-14-4-7-17(8-5-14)27(23,24)26-11-3-10-25-19-9-6-16(12-18(19)20)13-22-15(2)21/h4-9,12H,3,10-11,13H2,1-2H3,(H2,21,22). The summed E-state index contributed by atoms with van der Waals surface area (Å²) in [6.07, 6.45) is 0.440. The molecule has 2 rings (SSSR count). The van der Waals surface area contributed by atoms with Crippen LogP contribution >= 0.6 is 15.9 Å². The molecule has 146 valence electrons. The van der Waals surface area contributed by atoms with Crippen molar-refractivity contribution in [3.8, 4) is 5.75 Å². The Morgan fingerprint density at radius 3 is 2.48 bits per heavy atom. The molecule has 0 atom stereocenters. The zero-order valence-electron chi connectivity index (χ0n) is 15.3.